The number of aromatic nitrogens is 2. The van der Waals surface area contributed by atoms with Gasteiger partial charge < -0.3 is 9.64 Å². The van der Waals surface area contributed by atoms with Crippen LogP contribution in [0.1, 0.15) is 15.2 Å². The molecule has 2 aromatic heterocycles. The minimum absolute atomic E-state index is 0.0844. The normalized spacial score (nSPS) is 13.3. The number of Topliss-reactive ketones (excluding diaryl/α,β-unsaturated/α-hetero) is 1. The number of carbonyl (C=O) groups is 2. The highest BCUT2D eigenvalue weighted by molar-refractivity contribution is 7.18. The first kappa shape index (κ1) is 18.9. The zero-order valence-corrected chi connectivity index (χ0v) is 16.4. The van der Waals surface area contributed by atoms with E-state index < -0.39 is 23.6 Å². The van der Waals surface area contributed by atoms with E-state index >= 15 is 0 Å². The number of carbonyl (C=O) groups excluding carboxylic acids is 2. The van der Waals surface area contributed by atoms with E-state index in [1.165, 1.54) is 22.3 Å². The molecule has 0 fully saturated rings. The number of nitrogens with zero attached hydrogens (tertiary/aromatic N) is 2. The Bertz CT molecular complexity index is 1280. The van der Waals surface area contributed by atoms with Crippen LogP contribution in [-0.2, 0) is 11.3 Å². The molecule has 3 heterocycles. The van der Waals surface area contributed by atoms with Gasteiger partial charge in [0.1, 0.15) is 10.6 Å². The Labute approximate surface area is 168 Å². The second-order valence-corrected chi connectivity index (χ2v) is 7.86. The van der Waals surface area contributed by atoms with Gasteiger partial charge in [0, 0.05) is 17.0 Å². The van der Waals surface area contributed by atoms with Gasteiger partial charge in [-0.25, -0.2) is 4.79 Å². The molecule has 148 valence electrons. The van der Waals surface area contributed by atoms with Crippen LogP contribution in [0.3, 0.4) is 0 Å². The summed E-state index contributed by atoms with van der Waals surface area (Å²) in [4.78, 5) is 55.4. The summed E-state index contributed by atoms with van der Waals surface area (Å²) < 4.78 is 6.30. The summed E-state index contributed by atoms with van der Waals surface area (Å²) in [5.74, 6) is -0.190. The number of ether oxygens (including phenoxy) is 1. The second-order valence-electron chi connectivity index (χ2n) is 6.61. The minimum atomic E-state index is -0.637. The third-order valence-electron chi connectivity index (χ3n) is 4.63. The number of aromatic amines is 1. The molecule has 1 aromatic carbocycles. The number of rotatable bonds is 5. The van der Waals surface area contributed by atoms with Crippen molar-refractivity contribution in [1.29, 1.82) is 0 Å². The van der Waals surface area contributed by atoms with E-state index in [4.69, 9.17) is 4.74 Å². The van der Waals surface area contributed by atoms with E-state index in [2.05, 4.69) is 11.6 Å². The van der Waals surface area contributed by atoms with Crippen molar-refractivity contribution in [2.75, 3.05) is 18.1 Å². The van der Waals surface area contributed by atoms with Gasteiger partial charge in [-0.2, -0.15) is 0 Å². The van der Waals surface area contributed by atoms with Crippen molar-refractivity contribution in [3.8, 4) is 5.75 Å². The van der Waals surface area contributed by atoms with Crippen molar-refractivity contribution in [1.82, 2.24) is 9.55 Å². The highest BCUT2D eigenvalue weighted by atomic mass is 32.1. The number of benzene rings is 1. The number of ketones is 1. The molecule has 0 atom stereocenters. The topological polar surface area (TPSA) is 101 Å². The Hall–Kier alpha value is -3.46. The quantitative estimate of drug-likeness (QED) is 0.510. The summed E-state index contributed by atoms with van der Waals surface area (Å²) in [5, 5.41) is 0.376. The molecule has 1 aliphatic heterocycles. The molecule has 1 aliphatic rings. The molecule has 9 heteroatoms. The van der Waals surface area contributed by atoms with E-state index in [9.17, 15) is 19.2 Å². The average molecular weight is 411 g/mol. The van der Waals surface area contributed by atoms with Gasteiger partial charge in [-0.05, 0) is 31.2 Å². The summed E-state index contributed by atoms with van der Waals surface area (Å²) in [6, 6.07) is 6.37. The van der Waals surface area contributed by atoms with Crippen molar-refractivity contribution < 1.29 is 14.3 Å². The molecular formula is C20H17N3O5S. The lowest BCUT2D eigenvalue weighted by molar-refractivity contribution is -0.121. The maximum absolute atomic E-state index is 12.8. The van der Waals surface area contributed by atoms with Gasteiger partial charge in [0.15, 0.2) is 12.4 Å². The molecule has 1 N–H and O–H groups in total. The molecule has 4 rings (SSSR count). The van der Waals surface area contributed by atoms with Crippen molar-refractivity contribution in [3.63, 3.8) is 0 Å². The van der Waals surface area contributed by atoms with Crippen LogP contribution in [0.25, 0.3) is 10.2 Å². The van der Waals surface area contributed by atoms with Gasteiger partial charge in [-0.15, -0.1) is 17.9 Å². The molecule has 0 saturated carbocycles. The smallest absolute Gasteiger partial charge is 0.329 e. The maximum atomic E-state index is 12.8. The van der Waals surface area contributed by atoms with Crippen LogP contribution in [0.4, 0.5) is 5.69 Å². The number of thiophene rings is 1. The highest BCUT2D eigenvalue weighted by Crippen LogP contribution is 2.33. The summed E-state index contributed by atoms with van der Waals surface area (Å²) >= 11 is 1.31. The average Bonchev–Trinajstić information content (AvgIpc) is 3.07. The summed E-state index contributed by atoms with van der Waals surface area (Å²) in [5.41, 5.74) is -0.421. The summed E-state index contributed by atoms with van der Waals surface area (Å²) in [6.07, 6.45) is 1.58. The van der Waals surface area contributed by atoms with Gasteiger partial charge in [-0.3, -0.25) is 23.9 Å². The standard InChI is InChI=1S/C20H17N3O5S/c1-3-6-22-14-8-12(4-5-16(14)28-10-17(22)25)15(24)9-23-19(26)13-7-11(2)29-18(13)21-20(23)27/h3-5,7-8H,1,6,9-10H2,2H3,(H,21,27). The minimum Gasteiger partial charge on any atom is -0.482 e. The number of hydrogen-bond acceptors (Lipinski definition) is 6. The predicted molar refractivity (Wildman–Crippen MR) is 110 cm³/mol. The van der Waals surface area contributed by atoms with Crippen LogP contribution in [0.2, 0.25) is 0 Å². The van der Waals surface area contributed by atoms with Gasteiger partial charge in [0.05, 0.1) is 17.6 Å². The van der Waals surface area contributed by atoms with Crippen molar-refractivity contribution >= 4 is 38.9 Å². The SMILES string of the molecule is C=CCN1C(=O)COc2ccc(C(=O)Cn3c(=O)[nH]c4sc(C)cc4c3=O)cc21. The highest BCUT2D eigenvalue weighted by Gasteiger charge is 2.26. The molecule has 3 aromatic rings. The number of anilines is 1. The zero-order chi connectivity index (χ0) is 20.7. The molecule has 1 amide bonds. The maximum Gasteiger partial charge on any atom is 0.329 e. The molecule has 0 radical (unpaired) electrons. The molecule has 0 spiro atoms. The Balaban J connectivity index is 1.71. The Morgan fingerprint density at radius 2 is 2.10 bits per heavy atom. The number of nitrogens with one attached hydrogen (secondary N) is 1. The van der Waals surface area contributed by atoms with Gasteiger partial charge in [0.2, 0.25) is 0 Å². The van der Waals surface area contributed by atoms with E-state index in [1.54, 1.807) is 24.3 Å². The Morgan fingerprint density at radius 3 is 2.86 bits per heavy atom. The number of fused-ring (bicyclic) bond motifs is 2. The van der Waals surface area contributed by atoms with Gasteiger partial charge >= 0.3 is 5.69 Å². The van der Waals surface area contributed by atoms with Crippen LogP contribution < -0.4 is 20.9 Å². The lowest BCUT2D eigenvalue weighted by atomic mass is 10.1. The fraction of sp³-hybridized carbons (Fsp3) is 0.200. The predicted octanol–water partition coefficient (Wildman–Crippen LogP) is 1.85. The van der Waals surface area contributed by atoms with E-state index in [0.29, 0.717) is 21.7 Å². The number of H-pyrrole nitrogens is 1. The second kappa shape index (κ2) is 7.17. The fourth-order valence-electron chi connectivity index (χ4n) is 3.25. The van der Waals surface area contributed by atoms with E-state index in [0.717, 1.165) is 9.44 Å². The van der Waals surface area contributed by atoms with Crippen LogP contribution in [0.15, 0.2) is 46.5 Å². The zero-order valence-electron chi connectivity index (χ0n) is 15.6. The largest absolute Gasteiger partial charge is 0.482 e. The molecule has 0 saturated heterocycles. The lowest BCUT2D eigenvalue weighted by Gasteiger charge is -2.28. The van der Waals surface area contributed by atoms with Crippen molar-refractivity contribution in [2.24, 2.45) is 0 Å². The third-order valence-corrected chi connectivity index (χ3v) is 5.60. The summed E-state index contributed by atoms with van der Waals surface area (Å²) in [6.45, 7) is 5.27. The van der Waals surface area contributed by atoms with Gasteiger partial charge in [-0.1, -0.05) is 6.08 Å². The monoisotopic (exact) mass is 411 g/mol. The number of hydrogen-bond donors (Lipinski definition) is 1. The first-order valence-corrected chi connectivity index (χ1v) is 9.65. The molecule has 29 heavy (non-hydrogen) atoms. The van der Waals surface area contributed by atoms with Gasteiger partial charge in [0.25, 0.3) is 11.5 Å². The summed E-state index contributed by atoms with van der Waals surface area (Å²) in [7, 11) is 0. The van der Waals surface area contributed by atoms with E-state index in [1.807, 2.05) is 6.92 Å². The first-order valence-electron chi connectivity index (χ1n) is 8.83. The van der Waals surface area contributed by atoms with Crippen LogP contribution in [0.5, 0.6) is 5.75 Å². The lowest BCUT2D eigenvalue weighted by Crippen LogP contribution is -2.39. The fourth-order valence-corrected chi connectivity index (χ4v) is 4.14. The molecular weight excluding hydrogens is 394 g/mol. The Kier molecular flexibility index (Phi) is 4.67. The van der Waals surface area contributed by atoms with Crippen molar-refractivity contribution in [3.05, 3.63) is 68.2 Å². The molecule has 0 aliphatic carbocycles. The Morgan fingerprint density at radius 1 is 1.31 bits per heavy atom. The van der Waals surface area contributed by atoms with Crippen LogP contribution in [0, 0.1) is 6.92 Å². The van der Waals surface area contributed by atoms with Crippen LogP contribution >= 0.6 is 11.3 Å². The molecule has 0 unspecified atom stereocenters. The number of amides is 1. The molecule has 0 bridgehead atoms. The van der Waals surface area contributed by atoms with Crippen LogP contribution in [-0.4, -0.2) is 34.4 Å². The number of aryl methyl sites for hydroxylation is 1. The van der Waals surface area contributed by atoms with E-state index in [-0.39, 0.29) is 24.6 Å². The molecule has 8 nitrogen and oxygen atoms in total. The first-order chi connectivity index (χ1) is 13.9. The van der Waals surface area contributed by atoms with Crippen molar-refractivity contribution in [2.45, 2.75) is 13.5 Å². The third kappa shape index (κ3) is 3.29.